The van der Waals surface area contributed by atoms with Crippen molar-refractivity contribution >= 4 is 5.96 Å². The normalized spacial score (nSPS) is 14.7. The van der Waals surface area contributed by atoms with Gasteiger partial charge in [0.05, 0.1) is 6.54 Å². The van der Waals surface area contributed by atoms with Crippen molar-refractivity contribution in [2.24, 2.45) is 4.99 Å². The number of pyridine rings is 1. The summed E-state index contributed by atoms with van der Waals surface area (Å²) in [7, 11) is 0. The molecular weight excluding hydrogens is 336 g/mol. The van der Waals surface area contributed by atoms with Crippen LogP contribution in [0.4, 0.5) is 0 Å². The van der Waals surface area contributed by atoms with Gasteiger partial charge in [-0.3, -0.25) is 4.57 Å². The van der Waals surface area contributed by atoms with Crippen molar-refractivity contribution in [2.75, 3.05) is 13.1 Å². The van der Waals surface area contributed by atoms with E-state index in [1.54, 1.807) is 11.8 Å². The molecule has 144 valence electrons. The van der Waals surface area contributed by atoms with Crippen molar-refractivity contribution in [3.05, 3.63) is 53.8 Å². The highest BCUT2D eigenvalue weighted by Crippen LogP contribution is 2.19. The SMILES string of the molecule is CCNC(=NCc1ccc(-n2ccnc2C)nc1)NCCC1=CCCCC1. The Kier molecular flexibility index (Phi) is 7.02. The summed E-state index contributed by atoms with van der Waals surface area (Å²) in [6.45, 7) is 6.44. The minimum Gasteiger partial charge on any atom is -0.357 e. The Morgan fingerprint density at radius 2 is 2.15 bits per heavy atom. The van der Waals surface area contributed by atoms with Crippen molar-refractivity contribution in [1.82, 2.24) is 25.2 Å². The van der Waals surface area contributed by atoms with Crippen LogP contribution in [0.3, 0.4) is 0 Å². The van der Waals surface area contributed by atoms with E-state index in [1.165, 1.54) is 25.7 Å². The number of nitrogens with one attached hydrogen (secondary N) is 2. The highest BCUT2D eigenvalue weighted by molar-refractivity contribution is 5.79. The maximum atomic E-state index is 4.69. The lowest BCUT2D eigenvalue weighted by Gasteiger charge is -2.15. The first-order valence-corrected chi connectivity index (χ1v) is 9.91. The van der Waals surface area contributed by atoms with Gasteiger partial charge in [0.2, 0.25) is 0 Å². The third-order valence-corrected chi connectivity index (χ3v) is 4.77. The Bertz CT molecular complexity index is 772. The van der Waals surface area contributed by atoms with Gasteiger partial charge in [0.1, 0.15) is 11.6 Å². The maximum absolute atomic E-state index is 4.69. The summed E-state index contributed by atoms with van der Waals surface area (Å²) >= 11 is 0. The molecule has 0 amide bonds. The summed E-state index contributed by atoms with van der Waals surface area (Å²) in [5.41, 5.74) is 2.67. The zero-order chi connectivity index (χ0) is 18.9. The van der Waals surface area contributed by atoms with Gasteiger partial charge < -0.3 is 10.6 Å². The summed E-state index contributed by atoms with van der Waals surface area (Å²) in [6, 6.07) is 4.08. The van der Waals surface area contributed by atoms with E-state index in [-0.39, 0.29) is 0 Å². The van der Waals surface area contributed by atoms with Crippen molar-refractivity contribution in [2.45, 2.75) is 52.5 Å². The largest absolute Gasteiger partial charge is 0.357 e. The molecule has 1 aliphatic carbocycles. The van der Waals surface area contributed by atoms with Gasteiger partial charge in [0, 0.05) is 31.7 Å². The Morgan fingerprint density at radius 1 is 1.22 bits per heavy atom. The molecule has 2 N–H and O–H groups in total. The molecule has 27 heavy (non-hydrogen) atoms. The highest BCUT2D eigenvalue weighted by atomic mass is 15.2. The Balaban J connectivity index is 1.54. The molecule has 0 spiro atoms. The third kappa shape index (κ3) is 5.67. The molecule has 2 heterocycles. The van der Waals surface area contributed by atoms with Crippen molar-refractivity contribution in [1.29, 1.82) is 0 Å². The molecular formula is C21H30N6. The fourth-order valence-electron chi connectivity index (χ4n) is 3.26. The van der Waals surface area contributed by atoms with Crippen LogP contribution in [0.25, 0.3) is 5.82 Å². The minimum absolute atomic E-state index is 0.605. The molecule has 6 nitrogen and oxygen atoms in total. The molecule has 2 aromatic rings. The smallest absolute Gasteiger partial charge is 0.191 e. The molecule has 0 saturated carbocycles. The first-order valence-electron chi connectivity index (χ1n) is 9.91. The van der Waals surface area contributed by atoms with E-state index >= 15 is 0 Å². The second-order valence-electron chi connectivity index (χ2n) is 6.85. The fourth-order valence-corrected chi connectivity index (χ4v) is 3.26. The lowest BCUT2D eigenvalue weighted by molar-refractivity contribution is 0.665. The first kappa shape index (κ1) is 19.1. The van der Waals surface area contributed by atoms with E-state index < -0.39 is 0 Å². The quantitative estimate of drug-likeness (QED) is 0.447. The number of nitrogens with zero attached hydrogens (tertiary/aromatic N) is 4. The van der Waals surface area contributed by atoms with Crippen molar-refractivity contribution in [3.8, 4) is 5.82 Å². The molecule has 0 aromatic carbocycles. The van der Waals surface area contributed by atoms with Crippen LogP contribution in [-0.4, -0.2) is 33.6 Å². The van der Waals surface area contributed by atoms with Crippen LogP contribution in [0.5, 0.6) is 0 Å². The molecule has 0 unspecified atom stereocenters. The second kappa shape index (κ2) is 9.90. The van der Waals surface area contributed by atoms with Gasteiger partial charge in [0.15, 0.2) is 5.96 Å². The number of aliphatic imine (C=N–C) groups is 1. The zero-order valence-corrected chi connectivity index (χ0v) is 16.4. The van der Waals surface area contributed by atoms with Gasteiger partial charge in [-0.15, -0.1) is 0 Å². The first-order chi connectivity index (χ1) is 13.3. The highest BCUT2D eigenvalue weighted by Gasteiger charge is 2.05. The minimum atomic E-state index is 0.605. The number of allylic oxidation sites excluding steroid dienone is 1. The number of imidazole rings is 1. The maximum Gasteiger partial charge on any atom is 0.191 e. The lowest BCUT2D eigenvalue weighted by Crippen LogP contribution is -2.37. The number of hydrogen-bond acceptors (Lipinski definition) is 3. The lowest BCUT2D eigenvalue weighted by atomic mass is 9.97. The molecule has 0 atom stereocenters. The zero-order valence-electron chi connectivity index (χ0n) is 16.4. The average molecular weight is 367 g/mol. The predicted molar refractivity (Wildman–Crippen MR) is 110 cm³/mol. The van der Waals surface area contributed by atoms with Crippen LogP contribution in [-0.2, 0) is 6.54 Å². The Morgan fingerprint density at radius 3 is 2.81 bits per heavy atom. The number of hydrogen-bond donors (Lipinski definition) is 2. The average Bonchev–Trinajstić information content (AvgIpc) is 3.13. The van der Waals surface area contributed by atoms with Crippen molar-refractivity contribution < 1.29 is 0 Å². The van der Waals surface area contributed by atoms with E-state index in [0.29, 0.717) is 6.54 Å². The number of aromatic nitrogens is 3. The van der Waals surface area contributed by atoms with Crippen LogP contribution in [0, 0.1) is 6.92 Å². The van der Waals surface area contributed by atoms with Gasteiger partial charge in [-0.05, 0) is 57.6 Å². The summed E-state index contributed by atoms with van der Waals surface area (Å²) in [6.07, 6.45) is 14.3. The van der Waals surface area contributed by atoms with Gasteiger partial charge >= 0.3 is 0 Å². The summed E-state index contributed by atoms with van der Waals surface area (Å²) < 4.78 is 1.97. The molecule has 0 radical (unpaired) electrons. The van der Waals surface area contributed by atoms with Gasteiger partial charge in [-0.25, -0.2) is 15.0 Å². The molecule has 3 rings (SSSR count). The van der Waals surface area contributed by atoms with E-state index in [0.717, 1.165) is 42.7 Å². The van der Waals surface area contributed by atoms with E-state index in [4.69, 9.17) is 4.99 Å². The molecule has 2 aromatic heterocycles. The van der Waals surface area contributed by atoms with Gasteiger partial charge in [0.25, 0.3) is 0 Å². The second-order valence-corrected chi connectivity index (χ2v) is 6.85. The summed E-state index contributed by atoms with van der Waals surface area (Å²) in [5, 5.41) is 6.76. The number of rotatable bonds is 7. The van der Waals surface area contributed by atoms with Crippen LogP contribution < -0.4 is 10.6 Å². The molecule has 0 saturated heterocycles. The summed E-state index contributed by atoms with van der Waals surface area (Å²) in [5.74, 6) is 2.67. The number of aryl methyl sites for hydroxylation is 1. The molecule has 0 aliphatic heterocycles. The van der Waals surface area contributed by atoms with Crippen LogP contribution >= 0.6 is 0 Å². The predicted octanol–water partition coefficient (Wildman–Crippen LogP) is 3.52. The van der Waals surface area contributed by atoms with Gasteiger partial charge in [-0.2, -0.15) is 0 Å². The molecule has 6 heteroatoms. The Hall–Kier alpha value is -2.63. The number of guanidine groups is 1. The molecule has 1 aliphatic rings. The van der Waals surface area contributed by atoms with E-state index in [1.807, 2.05) is 30.0 Å². The van der Waals surface area contributed by atoms with E-state index in [2.05, 4.69) is 39.7 Å². The van der Waals surface area contributed by atoms with Crippen LogP contribution in [0.1, 0.15) is 50.4 Å². The van der Waals surface area contributed by atoms with E-state index in [9.17, 15) is 0 Å². The third-order valence-electron chi connectivity index (χ3n) is 4.77. The molecule has 0 bridgehead atoms. The van der Waals surface area contributed by atoms with Crippen molar-refractivity contribution in [3.63, 3.8) is 0 Å². The standard InChI is InChI=1S/C21H30N6/c1-3-22-21(24-12-11-18-7-5-4-6-8-18)26-16-19-9-10-20(25-15-19)27-14-13-23-17(27)2/h7,9-10,13-15H,3-6,8,11-12,16H2,1-2H3,(H2,22,24,26). The van der Waals surface area contributed by atoms with Gasteiger partial charge in [-0.1, -0.05) is 17.7 Å². The fraction of sp³-hybridized carbons (Fsp3) is 0.476. The molecule has 0 fully saturated rings. The monoisotopic (exact) mass is 366 g/mol. The van der Waals surface area contributed by atoms with Crippen LogP contribution in [0.2, 0.25) is 0 Å². The summed E-state index contributed by atoms with van der Waals surface area (Å²) in [4.78, 5) is 13.5. The Labute approximate surface area is 161 Å². The topological polar surface area (TPSA) is 67.1 Å². The van der Waals surface area contributed by atoms with Crippen LogP contribution in [0.15, 0.2) is 47.4 Å².